The normalized spacial score (nSPS) is 10.1. The summed E-state index contributed by atoms with van der Waals surface area (Å²) < 4.78 is 5.22. The van der Waals surface area contributed by atoms with Crippen LogP contribution in [0.1, 0.15) is 15.9 Å². The Morgan fingerprint density at radius 1 is 1.50 bits per heavy atom. The zero-order valence-electron chi connectivity index (χ0n) is 9.20. The van der Waals surface area contributed by atoms with Crippen molar-refractivity contribution in [2.75, 3.05) is 25.1 Å². The molecule has 0 unspecified atom stereocenters. The number of alkyl halides is 1. The summed E-state index contributed by atoms with van der Waals surface area (Å²) in [5.41, 5.74) is 1.56. The van der Waals surface area contributed by atoms with Crippen LogP contribution < -0.4 is 5.32 Å². The third-order valence-corrected chi connectivity index (χ3v) is 2.21. The number of aryl methyl sites for hydroxylation is 1. The van der Waals surface area contributed by atoms with E-state index in [0.29, 0.717) is 25.3 Å². The predicted octanol–water partition coefficient (Wildman–Crippen LogP) is 1.53. The van der Waals surface area contributed by atoms with Crippen LogP contribution in [0.25, 0.3) is 0 Å². The first kappa shape index (κ1) is 13.1. The lowest BCUT2D eigenvalue weighted by Crippen LogP contribution is -2.27. The second-order valence-corrected chi connectivity index (χ2v) is 4.10. The Morgan fingerprint density at radius 3 is 3.00 bits per heavy atom. The van der Waals surface area contributed by atoms with Gasteiger partial charge in [-0.1, -0.05) is 15.9 Å². The lowest BCUT2D eigenvalue weighted by Gasteiger charge is -2.05. The Balaban J connectivity index is 2.30. The second kappa shape index (κ2) is 7.35. The fourth-order valence-corrected chi connectivity index (χ4v) is 1.40. The van der Waals surface area contributed by atoms with Gasteiger partial charge in [0.15, 0.2) is 0 Å². The van der Waals surface area contributed by atoms with Gasteiger partial charge < -0.3 is 10.1 Å². The highest BCUT2D eigenvalue weighted by molar-refractivity contribution is 9.09. The Kier molecular flexibility index (Phi) is 6.03. The Bertz CT molecular complexity index is 345. The molecule has 1 heterocycles. The number of rotatable bonds is 6. The van der Waals surface area contributed by atoms with Crippen molar-refractivity contribution < 1.29 is 9.53 Å². The maximum absolute atomic E-state index is 11.6. The van der Waals surface area contributed by atoms with Gasteiger partial charge in [-0.2, -0.15) is 0 Å². The number of ether oxygens (including phenoxy) is 1. The van der Waals surface area contributed by atoms with E-state index >= 15 is 0 Å². The third kappa shape index (κ3) is 4.72. The highest BCUT2D eigenvalue weighted by Crippen LogP contribution is 2.00. The standard InChI is InChI=1S/C11H15BrN2O2/c1-9-6-10(8-13-7-9)11(15)14-3-5-16-4-2-12/h6-8H,2-5H2,1H3,(H,14,15). The predicted molar refractivity (Wildman–Crippen MR) is 65.9 cm³/mol. The molecule has 1 amide bonds. The average Bonchev–Trinajstić information content (AvgIpc) is 2.28. The summed E-state index contributed by atoms with van der Waals surface area (Å²) in [4.78, 5) is 15.6. The first-order valence-corrected chi connectivity index (χ1v) is 6.19. The molecule has 0 saturated heterocycles. The number of pyridine rings is 1. The number of hydrogen-bond donors (Lipinski definition) is 1. The molecule has 0 aromatic carbocycles. The van der Waals surface area contributed by atoms with E-state index in [1.165, 1.54) is 0 Å². The van der Waals surface area contributed by atoms with Crippen LogP contribution in [0.5, 0.6) is 0 Å². The molecule has 1 N–H and O–H groups in total. The maximum atomic E-state index is 11.6. The fraction of sp³-hybridized carbons (Fsp3) is 0.455. The summed E-state index contributed by atoms with van der Waals surface area (Å²) in [6.07, 6.45) is 3.28. The van der Waals surface area contributed by atoms with Gasteiger partial charge in [0.2, 0.25) is 0 Å². The first-order chi connectivity index (χ1) is 7.74. The van der Waals surface area contributed by atoms with Crippen molar-refractivity contribution in [2.24, 2.45) is 0 Å². The van der Waals surface area contributed by atoms with E-state index in [-0.39, 0.29) is 5.91 Å². The zero-order chi connectivity index (χ0) is 11.8. The van der Waals surface area contributed by atoms with E-state index in [4.69, 9.17) is 4.74 Å². The van der Waals surface area contributed by atoms with Crippen LogP contribution in [-0.2, 0) is 4.74 Å². The minimum atomic E-state index is -0.112. The first-order valence-electron chi connectivity index (χ1n) is 5.07. The molecule has 0 spiro atoms. The number of hydrogen-bond acceptors (Lipinski definition) is 3. The van der Waals surface area contributed by atoms with Gasteiger partial charge >= 0.3 is 0 Å². The summed E-state index contributed by atoms with van der Waals surface area (Å²) in [6, 6.07) is 1.81. The summed E-state index contributed by atoms with van der Waals surface area (Å²) in [5.74, 6) is -0.112. The van der Waals surface area contributed by atoms with Gasteiger partial charge in [0.05, 0.1) is 18.8 Å². The number of carbonyl (C=O) groups excluding carboxylic acids is 1. The monoisotopic (exact) mass is 286 g/mol. The molecule has 1 aromatic heterocycles. The van der Waals surface area contributed by atoms with Crippen molar-refractivity contribution >= 4 is 21.8 Å². The van der Waals surface area contributed by atoms with Gasteiger partial charge in [-0.25, -0.2) is 0 Å². The number of aromatic nitrogens is 1. The molecule has 0 aliphatic carbocycles. The van der Waals surface area contributed by atoms with Gasteiger partial charge in [-0.15, -0.1) is 0 Å². The lowest BCUT2D eigenvalue weighted by atomic mass is 10.2. The summed E-state index contributed by atoms with van der Waals surface area (Å²) in [6.45, 7) is 3.60. The molecule has 0 bridgehead atoms. The van der Waals surface area contributed by atoms with Crippen molar-refractivity contribution in [1.29, 1.82) is 0 Å². The van der Waals surface area contributed by atoms with E-state index in [1.54, 1.807) is 12.4 Å². The molecule has 5 heteroatoms. The van der Waals surface area contributed by atoms with Crippen LogP contribution in [0.4, 0.5) is 0 Å². The Morgan fingerprint density at radius 2 is 2.31 bits per heavy atom. The summed E-state index contributed by atoms with van der Waals surface area (Å²) in [5, 5.41) is 3.57. The molecule has 0 atom stereocenters. The number of carbonyl (C=O) groups is 1. The minimum Gasteiger partial charge on any atom is -0.379 e. The van der Waals surface area contributed by atoms with Gasteiger partial charge in [0.25, 0.3) is 5.91 Å². The highest BCUT2D eigenvalue weighted by Gasteiger charge is 2.04. The molecule has 1 rings (SSSR count). The van der Waals surface area contributed by atoms with Crippen molar-refractivity contribution in [1.82, 2.24) is 10.3 Å². The molecule has 16 heavy (non-hydrogen) atoms. The van der Waals surface area contributed by atoms with Gasteiger partial charge in [0, 0.05) is 24.3 Å². The minimum absolute atomic E-state index is 0.112. The molecule has 0 radical (unpaired) electrons. The Hall–Kier alpha value is -0.940. The molecule has 0 saturated carbocycles. The van der Waals surface area contributed by atoms with Crippen LogP contribution in [0.15, 0.2) is 18.5 Å². The topological polar surface area (TPSA) is 51.2 Å². The van der Waals surface area contributed by atoms with E-state index in [1.807, 2.05) is 13.0 Å². The fourth-order valence-electron chi connectivity index (χ4n) is 1.17. The van der Waals surface area contributed by atoms with Gasteiger partial charge in [-0.3, -0.25) is 9.78 Å². The van der Waals surface area contributed by atoms with Crippen molar-refractivity contribution in [3.8, 4) is 0 Å². The summed E-state index contributed by atoms with van der Waals surface area (Å²) >= 11 is 3.25. The number of halogens is 1. The van der Waals surface area contributed by atoms with Gasteiger partial charge in [0.1, 0.15) is 0 Å². The van der Waals surface area contributed by atoms with E-state index in [0.717, 1.165) is 10.9 Å². The van der Waals surface area contributed by atoms with E-state index in [9.17, 15) is 4.79 Å². The number of nitrogens with one attached hydrogen (secondary N) is 1. The molecule has 0 aliphatic rings. The van der Waals surface area contributed by atoms with Gasteiger partial charge in [-0.05, 0) is 18.6 Å². The quantitative estimate of drug-likeness (QED) is 0.637. The average molecular weight is 287 g/mol. The molecule has 1 aromatic rings. The highest BCUT2D eigenvalue weighted by atomic mass is 79.9. The van der Waals surface area contributed by atoms with Crippen LogP contribution in [0.2, 0.25) is 0 Å². The molecular weight excluding hydrogens is 272 g/mol. The molecule has 0 fully saturated rings. The van der Waals surface area contributed by atoms with Crippen LogP contribution in [-0.4, -0.2) is 36.0 Å². The summed E-state index contributed by atoms with van der Waals surface area (Å²) in [7, 11) is 0. The largest absolute Gasteiger partial charge is 0.379 e. The Labute approximate surface area is 104 Å². The lowest BCUT2D eigenvalue weighted by molar-refractivity contribution is 0.0923. The molecule has 0 aliphatic heterocycles. The van der Waals surface area contributed by atoms with Crippen LogP contribution in [0, 0.1) is 6.92 Å². The number of nitrogens with zero attached hydrogens (tertiary/aromatic N) is 1. The van der Waals surface area contributed by atoms with Crippen LogP contribution >= 0.6 is 15.9 Å². The zero-order valence-corrected chi connectivity index (χ0v) is 10.8. The van der Waals surface area contributed by atoms with Crippen molar-refractivity contribution in [2.45, 2.75) is 6.92 Å². The smallest absolute Gasteiger partial charge is 0.252 e. The maximum Gasteiger partial charge on any atom is 0.252 e. The van der Waals surface area contributed by atoms with Crippen molar-refractivity contribution in [3.63, 3.8) is 0 Å². The molecule has 88 valence electrons. The molecule has 4 nitrogen and oxygen atoms in total. The van der Waals surface area contributed by atoms with Crippen molar-refractivity contribution in [3.05, 3.63) is 29.6 Å². The molecular formula is C11H15BrN2O2. The third-order valence-electron chi connectivity index (χ3n) is 1.89. The van der Waals surface area contributed by atoms with E-state index < -0.39 is 0 Å². The van der Waals surface area contributed by atoms with Crippen LogP contribution in [0.3, 0.4) is 0 Å². The SMILES string of the molecule is Cc1cncc(C(=O)NCCOCCBr)c1. The van der Waals surface area contributed by atoms with E-state index in [2.05, 4.69) is 26.2 Å². The second-order valence-electron chi connectivity index (χ2n) is 3.31. The number of amides is 1.